The standard InChI is InChI=1S/C13H8ClF3N2OS.C10H9NO/c14-7-3-10(16)13(11(17)4-7)19-21-12-5-8(18-6-20)1-2-9(12)15;1-8-11-7-10(12-8)9-5-3-2-4-6-9/h1-6,19H,(H,18,20);2-7H,1H3. The zero-order valence-electron chi connectivity index (χ0n) is 17.1. The lowest BCUT2D eigenvalue weighted by Crippen LogP contribution is -1.98. The zero-order chi connectivity index (χ0) is 23.8. The van der Waals surface area contributed by atoms with Crippen molar-refractivity contribution in [1.82, 2.24) is 4.98 Å². The molecule has 1 amide bonds. The van der Waals surface area contributed by atoms with Crippen LogP contribution in [0.15, 0.2) is 76.2 Å². The number of nitrogens with one attached hydrogen (secondary N) is 2. The summed E-state index contributed by atoms with van der Waals surface area (Å²) in [6.07, 6.45) is 2.18. The van der Waals surface area contributed by atoms with Crippen LogP contribution in [0.25, 0.3) is 11.3 Å². The Hall–Kier alpha value is -3.43. The van der Waals surface area contributed by atoms with Crippen LogP contribution in [0.1, 0.15) is 5.89 Å². The molecule has 0 atom stereocenters. The van der Waals surface area contributed by atoms with Gasteiger partial charge in [-0.1, -0.05) is 41.9 Å². The van der Waals surface area contributed by atoms with Crippen LogP contribution >= 0.6 is 23.5 Å². The van der Waals surface area contributed by atoms with Gasteiger partial charge in [0.25, 0.3) is 0 Å². The summed E-state index contributed by atoms with van der Waals surface area (Å²) in [6.45, 7) is 1.84. The van der Waals surface area contributed by atoms with Crippen LogP contribution in [-0.2, 0) is 4.79 Å². The van der Waals surface area contributed by atoms with Crippen LogP contribution in [0.4, 0.5) is 24.5 Å². The van der Waals surface area contributed by atoms with Gasteiger partial charge in [0.05, 0.1) is 11.1 Å². The summed E-state index contributed by atoms with van der Waals surface area (Å²) in [4.78, 5) is 14.4. The number of halogens is 4. The van der Waals surface area contributed by atoms with E-state index in [0.29, 0.717) is 29.9 Å². The van der Waals surface area contributed by atoms with Gasteiger partial charge in [0.1, 0.15) is 11.5 Å². The minimum absolute atomic E-state index is 0.0654. The minimum Gasteiger partial charge on any atom is -0.441 e. The highest BCUT2D eigenvalue weighted by molar-refractivity contribution is 8.00. The average molecular weight is 492 g/mol. The molecule has 33 heavy (non-hydrogen) atoms. The number of carbonyl (C=O) groups excluding carboxylic acids is 1. The highest BCUT2D eigenvalue weighted by Crippen LogP contribution is 2.30. The van der Waals surface area contributed by atoms with E-state index in [-0.39, 0.29) is 9.92 Å². The largest absolute Gasteiger partial charge is 0.441 e. The Kier molecular flexibility index (Phi) is 8.39. The van der Waals surface area contributed by atoms with Gasteiger partial charge in [-0.3, -0.25) is 4.79 Å². The number of hydrogen-bond donors (Lipinski definition) is 2. The molecular weight excluding hydrogens is 475 g/mol. The van der Waals surface area contributed by atoms with Gasteiger partial charge in [0.2, 0.25) is 6.41 Å². The first kappa shape index (κ1) is 24.2. The molecule has 0 unspecified atom stereocenters. The fraction of sp³-hybridized carbons (Fsp3) is 0.0435. The topological polar surface area (TPSA) is 67.2 Å². The molecule has 2 N–H and O–H groups in total. The highest BCUT2D eigenvalue weighted by atomic mass is 35.5. The van der Waals surface area contributed by atoms with Crippen LogP contribution in [0.2, 0.25) is 5.02 Å². The summed E-state index contributed by atoms with van der Waals surface area (Å²) in [5.74, 6) is -0.856. The maximum absolute atomic E-state index is 13.6. The lowest BCUT2D eigenvalue weighted by molar-refractivity contribution is -0.105. The second-order valence-electron chi connectivity index (χ2n) is 6.47. The van der Waals surface area contributed by atoms with Crippen LogP contribution in [0, 0.1) is 24.4 Å². The van der Waals surface area contributed by atoms with E-state index >= 15 is 0 Å². The van der Waals surface area contributed by atoms with E-state index in [1.54, 1.807) is 6.20 Å². The lowest BCUT2D eigenvalue weighted by Gasteiger charge is -2.10. The molecule has 0 aliphatic heterocycles. The molecule has 0 aliphatic carbocycles. The number of carbonyl (C=O) groups is 1. The summed E-state index contributed by atoms with van der Waals surface area (Å²) in [5, 5.41) is 2.27. The molecule has 0 bridgehead atoms. The summed E-state index contributed by atoms with van der Waals surface area (Å²) in [6, 6.07) is 15.6. The van der Waals surface area contributed by atoms with Crippen molar-refractivity contribution in [3.63, 3.8) is 0 Å². The molecule has 170 valence electrons. The molecule has 1 aromatic heterocycles. The van der Waals surface area contributed by atoms with Crippen molar-refractivity contribution in [1.29, 1.82) is 0 Å². The molecule has 1 heterocycles. The number of rotatable bonds is 6. The first-order valence-electron chi connectivity index (χ1n) is 9.42. The van der Waals surface area contributed by atoms with E-state index in [0.717, 1.165) is 29.5 Å². The van der Waals surface area contributed by atoms with Crippen molar-refractivity contribution in [3.8, 4) is 11.3 Å². The van der Waals surface area contributed by atoms with Gasteiger partial charge in [0.15, 0.2) is 23.3 Å². The molecule has 0 aliphatic rings. The quantitative estimate of drug-likeness (QED) is 0.222. The smallest absolute Gasteiger partial charge is 0.211 e. The first-order valence-corrected chi connectivity index (χ1v) is 10.6. The number of aryl methyl sites for hydroxylation is 1. The molecule has 0 fully saturated rings. The van der Waals surface area contributed by atoms with Crippen molar-refractivity contribution in [3.05, 3.63) is 95.2 Å². The van der Waals surface area contributed by atoms with E-state index in [1.807, 2.05) is 37.3 Å². The number of anilines is 2. The number of nitrogens with zero attached hydrogens (tertiary/aromatic N) is 1. The summed E-state index contributed by atoms with van der Waals surface area (Å²) < 4.78 is 48.5. The fourth-order valence-corrected chi connectivity index (χ4v) is 3.53. The number of hydrogen-bond acceptors (Lipinski definition) is 5. The van der Waals surface area contributed by atoms with E-state index in [1.165, 1.54) is 12.1 Å². The predicted octanol–water partition coefficient (Wildman–Crippen LogP) is 7.09. The second kappa shape index (κ2) is 11.4. The van der Waals surface area contributed by atoms with Crippen molar-refractivity contribution in [2.45, 2.75) is 11.8 Å². The first-order chi connectivity index (χ1) is 15.9. The maximum atomic E-state index is 13.6. The van der Waals surface area contributed by atoms with Crippen molar-refractivity contribution < 1.29 is 22.4 Å². The monoisotopic (exact) mass is 491 g/mol. The molecule has 0 spiro atoms. The number of aromatic nitrogens is 1. The number of benzene rings is 3. The van der Waals surface area contributed by atoms with Gasteiger partial charge in [-0.25, -0.2) is 18.2 Å². The van der Waals surface area contributed by atoms with Gasteiger partial charge < -0.3 is 14.5 Å². The molecule has 5 nitrogen and oxygen atoms in total. The van der Waals surface area contributed by atoms with Crippen LogP contribution in [0.3, 0.4) is 0 Å². The number of oxazole rings is 1. The molecular formula is C23H17ClF3N3O2S. The second-order valence-corrected chi connectivity index (χ2v) is 7.75. The van der Waals surface area contributed by atoms with E-state index in [9.17, 15) is 18.0 Å². The third-order valence-corrected chi connectivity index (χ3v) is 5.16. The van der Waals surface area contributed by atoms with Crippen molar-refractivity contribution in [2.75, 3.05) is 10.0 Å². The third-order valence-electron chi connectivity index (χ3n) is 4.11. The molecule has 0 radical (unpaired) electrons. The Morgan fingerprint density at radius 1 is 1.00 bits per heavy atom. The average Bonchev–Trinajstić information content (AvgIpc) is 3.23. The van der Waals surface area contributed by atoms with Crippen LogP contribution in [0.5, 0.6) is 0 Å². The predicted molar refractivity (Wildman–Crippen MR) is 124 cm³/mol. The Morgan fingerprint density at radius 3 is 2.30 bits per heavy atom. The molecule has 0 saturated carbocycles. The minimum atomic E-state index is -0.893. The molecule has 0 saturated heterocycles. The van der Waals surface area contributed by atoms with E-state index in [2.05, 4.69) is 15.0 Å². The van der Waals surface area contributed by atoms with Gasteiger partial charge in [0, 0.05) is 23.2 Å². The van der Waals surface area contributed by atoms with E-state index in [4.69, 9.17) is 16.0 Å². The Morgan fingerprint density at radius 2 is 1.70 bits per heavy atom. The summed E-state index contributed by atoms with van der Waals surface area (Å²) in [5.41, 5.74) is 0.989. The molecule has 4 aromatic rings. The van der Waals surface area contributed by atoms with Gasteiger partial charge in [-0.2, -0.15) is 0 Å². The van der Waals surface area contributed by atoms with Crippen molar-refractivity contribution in [2.24, 2.45) is 0 Å². The van der Waals surface area contributed by atoms with Crippen molar-refractivity contribution >= 4 is 41.3 Å². The fourth-order valence-electron chi connectivity index (χ4n) is 2.58. The summed E-state index contributed by atoms with van der Waals surface area (Å²) >= 11 is 6.17. The zero-order valence-corrected chi connectivity index (χ0v) is 18.7. The molecule has 4 rings (SSSR count). The number of amides is 1. The molecule has 10 heteroatoms. The Balaban J connectivity index is 0.000000215. The third kappa shape index (κ3) is 6.77. The summed E-state index contributed by atoms with van der Waals surface area (Å²) in [7, 11) is 0. The van der Waals surface area contributed by atoms with Gasteiger partial charge in [-0.05, 0) is 42.3 Å². The maximum Gasteiger partial charge on any atom is 0.211 e. The van der Waals surface area contributed by atoms with Crippen LogP contribution in [-0.4, -0.2) is 11.4 Å². The highest BCUT2D eigenvalue weighted by Gasteiger charge is 2.12. The van der Waals surface area contributed by atoms with Gasteiger partial charge >= 0.3 is 0 Å². The SMILES string of the molecule is Cc1ncc(-c2ccccc2)o1.O=CNc1ccc(F)c(SNc2c(F)cc(Cl)cc2F)c1. The Labute approximate surface area is 197 Å². The lowest BCUT2D eigenvalue weighted by atomic mass is 10.2. The Bertz CT molecular complexity index is 1220. The van der Waals surface area contributed by atoms with Gasteiger partial charge in [-0.15, -0.1) is 0 Å². The van der Waals surface area contributed by atoms with Crippen LogP contribution < -0.4 is 10.0 Å². The normalized spacial score (nSPS) is 10.2. The van der Waals surface area contributed by atoms with E-state index < -0.39 is 23.1 Å². The molecule has 3 aromatic carbocycles.